The van der Waals surface area contributed by atoms with Crippen LogP contribution in [0.3, 0.4) is 0 Å². The summed E-state index contributed by atoms with van der Waals surface area (Å²) in [5.41, 5.74) is 1.54. The summed E-state index contributed by atoms with van der Waals surface area (Å²) in [5.74, 6) is 0.441. The van der Waals surface area contributed by atoms with Crippen LogP contribution in [-0.4, -0.2) is 46.2 Å². The van der Waals surface area contributed by atoms with E-state index < -0.39 is 10.0 Å². The highest BCUT2D eigenvalue weighted by Gasteiger charge is 2.21. The number of carbonyl (C=O) groups is 2. The lowest BCUT2D eigenvalue weighted by atomic mass is 10.2. The van der Waals surface area contributed by atoms with Crippen molar-refractivity contribution in [1.29, 1.82) is 0 Å². The van der Waals surface area contributed by atoms with Gasteiger partial charge in [-0.05, 0) is 49.7 Å². The van der Waals surface area contributed by atoms with Crippen LogP contribution in [0.15, 0.2) is 42.5 Å². The number of nitrogens with one attached hydrogen (secondary N) is 2. The minimum Gasteiger partial charge on any atom is -0.494 e. The molecular formula is C21H25N3O6S. The first-order valence-corrected chi connectivity index (χ1v) is 11.5. The average molecular weight is 448 g/mol. The Morgan fingerprint density at radius 1 is 1.16 bits per heavy atom. The molecule has 31 heavy (non-hydrogen) atoms. The van der Waals surface area contributed by atoms with Crippen LogP contribution in [-0.2, 0) is 19.6 Å². The summed E-state index contributed by atoms with van der Waals surface area (Å²) in [4.78, 5) is 25.8. The molecule has 1 fully saturated rings. The van der Waals surface area contributed by atoms with Gasteiger partial charge in [-0.3, -0.25) is 14.3 Å². The molecule has 2 aromatic carbocycles. The van der Waals surface area contributed by atoms with Crippen LogP contribution >= 0.6 is 0 Å². The van der Waals surface area contributed by atoms with Gasteiger partial charge >= 0.3 is 0 Å². The molecule has 1 saturated heterocycles. The third-order valence-corrected chi connectivity index (χ3v) is 6.01. The van der Waals surface area contributed by atoms with Crippen molar-refractivity contribution in [1.82, 2.24) is 0 Å². The van der Waals surface area contributed by atoms with E-state index in [-0.39, 0.29) is 35.6 Å². The molecule has 0 atom stereocenters. The predicted molar refractivity (Wildman–Crippen MR) is 118 cm³/mol. The highest BCUT2D eigenvalue weighted by Crippen LogP contribution is 2.29. The van der Waals surface area contributed by atoms with Crippen molar-refractivity contribution in [2.45, 2.75) is 19.8 Å². The number of nitrogens with zero attached hydrogens (tertiary/aromatic N) is 1. The molecular weight excluding hydrogens is 422 g/mol. The molecule has 0 bridgehead atoms. The Labute approximate surface area is 181 Å². The molecule has 166 valence electrons. The lowest BCUT2D eigenvalue weighted by Gasteiger charge is -2.16. The Bertz CT molecular complexity index is 1050. The van der Waals surface area contributed by atoms with Gasteiger partial charge in [0.05, 0.1) is 18.6 Å². The van der Waals surface area contributed by atoms with Gasteiger partial charge in [-0.1, -0.05) is 0 Å². The monoisotopic (exact) mass is 447 g/mol. The van der Waals surface area contributed by atoms with E-state index in [9.17, 15) is 18.0 Å². The average Bonchev–Trinajstić information content (AvgIpc) is 3.19. The van der Waals surface area contributed by atoms with E-state index in [1.165, 1.54) is 26.2 Å². The molecule has 0 spiro atoms. The molecule has 10 heteroatoms. The third kappa shape index (κ3) is 5.88. The standard InChI is InChI=1S/C21H25N3O6S/c1-3-31(27,28)23-18-11-6-15(13-19(18)29-2)22-20(25)14-30-17-9-7-16(8-10-17)24-12-4-5-21(24)26/h6-11,13,23H,3-5,12,14H2,1-2H3,(H,22,25). The number of amides is 2. The van der Waals surface area contributed by atoms with Crippen LogP contribution < -0.4 is 24.4 Å². The minimum absolute atomic E-state index is 0.0682. The number of hydrogen-bond donors (Lipinski definition) is 2. The summed E-state index contributed by atoms with van der Waals surface area (Å²) >= 11 is 0. The number of benzene rings is 2. The number of carbonyl (C=O) groups excluding carboxylic acids is 2. The van der Waals surface area contributed by atoms with E-state index in [0.717, 1.165) is 12.1 Å². The van der Waals surface area contributed by atoms with Gasteiger partial charge in [0, 0.05) is 30.4 Å². The second-order valence-corrected chi connectivity index (χ2v) is 8.91. The van der Waals surface area contributed by atoms with Crippen molar-refractivity contribution >= 4 is 38.9 Å². The Morgan fingerprint density at radius 3 is 2.52 bits per heavy atom. The van der Waals surface area contributed by atoms with Crippen LogP contribution in [0.1, 0.15) is 19.8 Å². The fourth-order valence-corrected chi connectivity index (χ4v) is 3.73. The van der Waals surface area contributed by atoms with Gasteiger partial charge in [-0.25, -0.2) is 8.42 Å². The second kappa shape index (κ2) is 9.69. The lowest BCUT2D eigenvalue weighted by molar-refractivity contribution is -0.118. The topological polar surface area (TPSA) is 114 Å². The number of ether oxygens (including phenoxy) is 2. The normalized spacial score (nSPS) is 13.7. The molecule has 1 heterocycles. The first-order chi connectivity index (χ1) is 14.8. The van der Waals surface area contributed by atoms with Gasteiger partial charge in [-0.15, -0.1) is 0 Å². The van der Waals surface area contributed by atoms with E-state index >= 15 is 0 Å². The maximum absolute atomic E-state index is 12.2. The summed E-state index contributed by atoms with van der Waals surface area (Å²) in [7, 11) is -2.04. The summed E-state index contributed by atoms with van der Waals surface area (Å²) in [6.07, 6.45) is 1.42. The van der Waals surface area contributed by atoms with Crippen molar-refractivity contribution in [2.75, 3.05) is 41.0 Å². The van der Waals surface area contributed by atoms with Gasteiger partial charge in [0.1, 0.15) is 11.5 Å². The molecule has 9 nitrogen and oxygen atoms in total. The highest BCUT2D eigenvalue weighted by atomic mass is 32.2. The minimum atomic E-state index is -3.45. The molecule has 2 amide bonds. The summed E-state index contributed by atoms with van der Waals surface area (Å²) in [6.45, 7) is 2.03. The SMILES string of the molecule is CCS(=O)(=O)Nc1ccc(NC(=O)COc2ccc(N3CCCC3=O)cc2)cc1OC. The molecule has 1 aliphatic rings. The fraction of sp³-hybridized carbons (Fsp3) is 0.333. The number of hydrogen-bond acceptors (Lipinski definition) is 6. The number of sulfonamides is 1. The summed E-state index contributed by atoms with van der Waals surface area (Å²) in [6, 6.07) is 11.6. The molecule has 1 aliphatic heterocycles. The molecule has 2 aromatic rings. The van der Waals surface area contributed by atoms with Crippen LogP contribution in [0, 0.1) is 0 Å². The molecule has 0 aliphatic carbocycles. The van der Waals surface area contributed by atoms with Gasteiger partial charge in [0.15, 0.2) is 6.61 Å². The highest BCUT2D eigenvalue weighted by molar-refractivity contribution is 7.92. The maximum atomic E-state index is 12.2. The van der Waals surface area contributed by atoms with Gasteiger partial charge < -0.3 is 19.7 Å². The molecule has 3 rings (SSSR count). The van der Waals surface area contributed by atoms with Crippen LogP contribution in [0.2, 0.25) is 0 Å². The van der Waals surface area contributed by atoms with E-state index in [0.29, 0.717) is 24.4 Å². The Morgan fingerprint density at radius 2 is 1.90 bits per heavy atom. The zero-order chi connectivity index (χ0) is 22.4. The van der Waals surface area contributed by atoms with Gasteiger partial charge in [-0.2, -0.15) is 0 Å². The van der Waals surface area contributed by atoms with E-state index in [1.807, 2.05) is 0 Å². The molecule has 2 N–H and O–H groups in total. The van der Waals surface area contributed by atoms with Crippen LogP contribution in [0.5, 0.6) is 11.5 Å². The fourth-order valence-electron chi connectivity index (χ4n) is 3.08. The van der Waals surface area contributed by atoms with E-state index in [4.69, 9.17) is 9.47 Å². The number of methoxy groups -OCH3 is 1. The third-order valence-electron chi connectivity index (χ3n) is 4.72. The maximum Gasteiger partial charge on any atom is 0.262 e. The van der Waals surface area contributed by atoms with Gasteiger partial charge in [0.2, 0.25) is 15.9 Å². The smallest absolute Gasteiger partial charge is 0.262 e. The predicted octanol–water partition coefficient (Wildman–Crippen LogP) is 2.60. The number of rotatable bonds is 9. The molecule has 0 saturated carbocycles. The van der Waals surface area contributed by atoms with Crippen molar-refractivity contribution in [2.24, 2.45) is 0 Å². The van der Waals surface area contributed by atoms with Crippen molar-refractivity contribution in [3.8, 4) is 11.5 Å². The van der Waals surface area contributed by atoms with E-state index in [2.05, 4.69) is 10.0 Å². The van der Waals surface area contributed by atoms with Crippen molar-refractivity contribution in [3.63, 3.8) is 0 Å². The first kappa shape index (κ1) is 22.4. The Balaban J connectivity index is 1.56. The molecule has 0 aromatic heterocycles. The molecule has 0 radical (unpaired) electrons. The lowest BCUT2D eigenvalue weighted by Crippen LogP contribution is -2.23. The van der Waals surface area contributed by atoms with Crippen LogP contribution in [0.4, 0.5) is 17.1 Å². The Hall–Kier alpha value is -3.27. The Kier molecular flexibility index (Phi) is 7.01. The molecule has 0 unspecified atom stereocenters. The summed E-state index contributed by atoms with van der Waals surface area (Å²) in [5, 5.41) is 2.68. The first-order valence-electron chi connectivity index (χ1n) is 9.83. The largest absolute Gasteiger partial charge is 0.494 e. The van der Waals surface area contributed by atoms with Crippen LogP contribution in [0.25, 0.3) is 0 Å². The number of anilines is 3. The van der Waals surface area contributed by atoms with Crippen molar-refractivity contribution in [3.05, 3.63) is 42.5 Å². The van der Waals surface area contributed by atoms with Crippen molar-refractivity contribution < 1.29 is 27.5 Å². The van der Waals surface area contributed by atoms with E-state index in [1.54, 1.807) is 35.2 Å². The zero-order valence-electron chi connectivity index (χ0n) is 17.4. The zero-order valence-corrected chi connectivity index (χ0v) is 18.2. The second-order valence-electron chi connectivity index (χ2n) is 6.90. The summed E-state index contributed by atoms with van der Waals surface area (Å²) < 4.78 is 36.7. The van der Waals surface area contributed by atoms with Gasteiger partial charge in [0.25, 0.3) is 5.91 Å². The quantitative estimate of drug-likeness (QED) is 0.611.